The minimum absolute atomic E-state index is 0.257. The Morgan fingerprint density at radius 1 is 1.00 bits per heavy atom. The molecule has 0 aliphatic heterocycles. The number of benzene rings is 2. The zero-order valence-corrected chi connectivity index (χ0v) is 10.8. The number of urea groups is 1. The van der Waals surface area contributed by atoms with E-state index in [1.165, 1.54) is 11.3 Å². The standard InChI is InChI=1S/C14H11N3OS/c18-14(16-10-5-2-1-3-6-10)17-12-8-4-7-11-13(12)19-9-15-11/h1-9H,(H2,16,17,18). The quantitative estimate of drug-likeness (QED) is 0.740. The van der Waals surface area contributed by atoms with Crippen LogP contribution in [0.3, 0.4) is 0 Å². The van der Waals surface area contributed by atoms with Gasteiger partial charge in [-0.15, -0.1) is 11.3 Å². The summed E-state index contributed by atoms with van der Waals surface area (Å²) in [5.74, 6) is 0. The molecule has 3 aromatic rings. The van der Waals surface area contributed by atoms with Gasteiger partial charge < -0.3 is 10.6 Å². The van der Waals surface area contributed by atoms with Crippen LogP contribution in [-0.4, -0.2) is 11.0 Å². The van der Waals surface area contributed by atoms with Gasteiger partial charge in [-0.1, -0.05) is 24.3 Å². The van der Waals surface area contributed by atoms with E-state index < -0.39 is 0 Å². The van der Waals surface area contributed by atoms with Crippen molar-refractivity contribution in [3.8, 4) is 0 Å². The molecule has 94 valence electrons. The molecular weight excluding hydrogens is 258 g/mol. The summed E-state index contributed by atoms with van der Waals surface area (Å²) in [5, 5.41) is 5.62. The van der Waals surface area contributed by atoms with Crippen LogP contribution >= 0.6 is 11.3 Å². The molecular formula is C14H11N3OS. The molecule has 4 nitrogen and oxygen atoms in total. The third-order valence-corrected chi connectivity index (χ3v) is 3.51. The number of carbonyl (C=O) groups is 1. The summed E-state index contributed by atoms with van der Waals surface area (Å²) in [4.78, 5) is 16.1. The molecule has 2 N–H and O–H groups in total. The van der Waals surface area contributed by atoms with E-state index in [-0.39, 0.29) is 6.03 Å². The van der Waals surface area contributed by atoms with Gasteiger partial charge in [-0.05, 0) is 24.3 Å². The van der Waals surface area contributed by atoms with Crippen molar-refractivity contribution < 1.29 is 4.79 Å². The molecule has 1 aromatic heterocycles. The molecule has 1 heterocycles. The molecule has 0 saturated heterocycles. The second kappa shape index (κ2) is 5.07. The molecule has 0 spiro atoms. The first-order chi connectivity index (χ1) is 9.33. The largest absolute Gasteiger partial charge is 0.323 e. The molecule has 0 radical (unpaired) electrons. The molecule has 19 heavy (non-hydrogen) atoms. The minimum Gasteiger partial charge on any atom is -0.308 e. The van der Waals surface area contributed by atoms with Gasteiger partial charge in [0.25, 0.3) is 0 Å². The molecule has 0 fully saturated rings. The van der Waals surface area contributed by atoms with E-state index in [1.54, 1.807) is 5.51 Å². The van der Waals surface area contributed by atoms with E-state index in [4.69, 9.17) is 0 Å². The van der Waals surface area contributed by atoms with E-state index in [0.29, 0.717) is 0 Å². The van der Waals surface area contributed by atoms with E-state index >= 15 is 0 Å². The van der Waals surface area contributed by atoms with Gasteiger partial charge in [0, 0.05) is 5.69 Å². The lowest BCUT2D eigenvalue weighted by Crippen LogP contribution is -2.19. The monoisotopic (exact) mass is 269 g/mol. The van der Waals surface area contributed by atoms with Crippen molar-refractivity contribution in [3.63, 3.8) is 0 Å². The fraction of sp³-hybridized carbons (Fsp3) is 0. The molecule has 0 aliphatic carbocycles. The third kappa shape index (κ3) is 2.56. The molecule has 5 heteroatoms. The van der Waals surface area contributed by atoms with Crippen molar-refractivity contribution in [1.29, 1.82) is 0 Å². The van der Waals surface area contributed by atoms with E-state index in [2.05, 4.69) is 15.6 Å². The molecule has 2 amide bonds. The van der Waals surface area contributed by atoms with Gasteiger partial charge >= 0.3 is 6.03 Å². The van der Waals surface area contributed by atoms with Crippen LogP contribution in [0.2, 0.25) is 0 Å². The lowest BCUT2D eigenvalue weighted by Gasteiger charge is -2.07. The van der Waals surface area contributed by atoms with Gasteiger partial charge in [-0.25, -0.2) is 9.78 Å². The number of amides is 2. The number of para-hydroxylation sites is 1. The first-order valence-electron chi connectivity index (χ1n) is 5.78. The maximum Gasteiger partial charge on any atom is 0.323 e. The maximum absolute atomic E-state index is 11.9. The molecule has 0 aliphatic rings. The Morgan fingerprint density at radius 2 is 1.84 bits per heavy atom. The minimum atomic E-state index is -0.257. The van der Waals surface area contributed by atoms with Gasteiger partial charge in [0.05, 0.1) is 21.4 Å². The zero-order chi connectivity index (χ0) is 13.1. The lowest BCUT2D eigenvalue weighted by atomic mass is 10.3. The van der Waals surface area contributed by atoms with Crippen LogP contribution in [-0.2, 0) is 0 Å². The van der Waals surface area contributed by atoms with Gasteiger partial charge in [0.15, 0.2) is 0 Å². The summed E-state index contributed by atoms with van der Waals surface area (Å²) in [6, 6.07) is 14.7. The van der Waals surface area contributed by atoms with Crippen molar-refractivity contribution in [2.24, 2.45) is 0 Å². The van der Waals surface area contributed by atoms with Crippen LogP contribution in [0, 0.1) is 0 Å². The van der Waals surface area contributed by atoms with E-state index in [9.17, 15) is 4.79 Å². The van der Waals surface area contributed by atoms with Crippen LogP contribution in [0.15, 0.2) is 54.0 Å². The number of fused-ring (bicyclic) bond motifs is 1. The number of carbonyl (C=O) groups excluding carboxylic acids is 1. The van der Waals surface area contributed by atoms with Crippen molar-refractivity contribution >= 4 is 39.0 Å². The summed E-state index contributed by atoms with van der Waals surface area (Å²) in [5.41, 5.74) is 4.19. The Bertz CT molecular complexity index is 709. The SMILES string of the molecule is O=C(Nc1ccccc1)Nc1cccc2ncsc12. The molecule has 3 rings (SSSR count). The van der Waals surface area contributed by atoms with Crippen molar-refractivity contribution in [2.45, 2.75) is 0 Å². The number of hydrogen-bond donors (Lipinski definition) is 2. The Kier molecular flexibility index (Phi) is 3.12. The Labute approximate surface area is 114 Å². The van der Waals surface area contributed by atoms with E-state index in [1.807, 2.05) is 48.5 Å². The summed E-state index contributed by atoms with van der Waals surface area (Å²) in [6.45, 7) is 0. The van der Waals surface area contributed by atoms with Crippen LogP contribution in [0.5, 0.6) is 0 Å². The Morgan fingerprint density at radius 3 is 2.68 bits per heavy atom. The number of anilines is 2. The zero-order valence-electron chi connectivity index (χ0n) is 9.96. The van der Waals surface area contributed by atoms with Gasteiger partial charge in [0.1, 0.15) is 0 Å². The van der Waals surface area contributed by atoms with Crippen LogP contribution in [0.4, 0.5) is 16.2 Å². The lowest BCUT2D eigenvalue weighted by molar-refractivity contribution is 0.262. The summed E-state index contributed by atoms with van der Waals surface area (Å²) in [6.07, 6.45) is 0. The topological polar surface area (TPSA) is 54.0 Å². The summed E-state index contributed by atoms with van der Waals surface area (Å²) < 4.78 is 0.978. The third-order valence-electron chi connectivity index (χ3n) is 2.64. The van der Waals surface area contributed by atoms with Crippen molar-refractivity contribution in [3.05, 3.63) is 54.0 Å². The summed E-state index contributed by atoms with van der Waals surface area (Å²) >= 11 is 1.51. The Balaban J connectivity index is 1.78. The smallest absolute Gasteiger partial charge is 0.308 e. The van der Waals surface area contributed by atoms with Gasteiger partial charge in [0.2, 0.25) is 0 Å². The first-order valence-corrected chi connectivity index (χ1v) is 6.66. The second-order valence-corrected chi connectivity index (χ2v) is 4.81. The van der Waals surface area contributed by atoms with E-state index in [0.717, 1.165) is 21.6 Å². The Hall–Kier alpha value is -2.40. The second-order valence-electron chi connectivity index (χ2n) is 3.95. The van der Waals surface area contributed by atoms with Gasteiger partial charge in [-0.3, -0.25) is 0 Å². The number of thiazole rings is 1. The highest BCUT2D eigenvalue weighted by atomic mass is 32.1. The fourth-order valence-electron chi connectivity index (χ4n) is 1.79. The number of nitrogens with one attached hydrogen (secondary N) is 2. The van der Waals surface area contributed by atoms with Crippen molar-refractivity contribution in [1.82, 2.24) is 4.98 Å². The molecule has 0 unspecified atom stereocenters. The predicted molar refractivity (Wildman–Crippen MR) is 78.7 cm³/mol. The highest BCUT2D eigenvalue weighted by Crippen LogP contribution is 2.26. The highest BCUT2D eigenvalue weighted by Gasteiger charge is 2.07. The maximum atomic E-state index is 11.9. The molecule has 0 saturated carbocycles. The normalized spacial score (nSPS) is 10.3. The number of rotatable bonds is 2. The van der Waals surface area contributed by atoms with Crippen LogP contribution in [0.25, 0.3) is 10.2 Å². The van der Waals surface area contributed by atoms with Gasteiger partial charge in [-0.2, -0.15) is 0 Å². The molecule has 0 atom stereocenters. The van der Waals surface area contributed by atoms with Crippen molar-refractivity contribution in [2.75, 3.05) is 10.6 Å². The predicted octanol–water partition coefficient (Wildman–Crippen LogP) is 3.94. The number of nitrogens with zero attached hydrogens (tertiary/aromatic N) is 1. The fourth-order valence-corrected chi connectivity index (χ4v) is 2.55. The van der Waals surface area contributed by atoms with Crippen LogP contribution in [0.1, 0.15) is 0 Å². The van der Waals surface area contributed by atoms with Crippen LogP contribution < -0.4 is 10.6 Å². The highest BCUT2D eigenvalue weighted by molar-refractivity contribution is 7.17. The number of hydrogen-bond acceptors (Lipinski definition) is 3. The average Bonchev–Trinajstić information content (AvgIpc) is 2.89. The average molecular weight is 269 g/mol. The molecule has 2 aromatic carbocycles. The number of aromatic nitrogens is 1. The summed E-state index contributed by atoms with van der Waals surface area (Å²) in [7, 11) is 0. The first kappa shape index (κ1) is 11.7. The molecule has 0 bridgehead atoms.